The smallest absolute Gasteiger partial charge is 0.121 e. The van der Waals surface area contributed by atoms with Crippen LogP contribution in [0.2, 0.25) is 0 Å². The van der Waals surface area contributed by atoms with E-state index in [1.807, 2.05) is 19.9 Å². The normalized spacial score (nSPS) is 14.5. The van der Waals surface area contributed by atoms with Crippen LogP contribution >= 0.6 is 0 Å². The van der Waals surface area contributed by atoms with Gasteiger partial charge in [-0.3, -0.25) is 9.98 Å². The Morgan fingerprint density at radius 3 is 2.73 bits per heavy atom. The predicted molar refractivity (Wildman–Crippen MR) is 58.2 cm³/mol. The molecule has 4 heteroatoms. The highest BCUT2D eigenvalue weighted by Gasteiger charge is 2.11. The van der Waals surface area contributed by atoms with E-state index in [0.717, 1.165) is 22.8 Å². The number of aromatic nitrogens is 1. The Morgan fingerprint density at radius 2 is 2.20 bits per heavy atom. The van der Waals surface area contributed by atoms with Crippen molar-refractivity contribution in [3.05, 3.63) is 29.1 Å². The molecule has 0 fully saturated rings. The first-order valence-corrected chi connectivity index (χ1v) is 4.66. The largest absolute Gasteiger partial charge is 0.264 e. The second kappa shape index (κ2) is 3.62. The third-order valence-corrected chi connectivity index (χ3v) is 2.28. The van der Waals surface area contributed by atoms with Crippen LogP contribution in [0, 0.1) is 18.3 Å². The van der Waals surface area contributed by atoms with E-state index >= 15 is 0 Å². The highest BCUT2D eigenvalue weighted by molar-refractivity contribution is 6.11. The van der Waals surface area contributed by atoms with E-state index in [4.69, 9.17) is 5.26 Å². The van der Waals surface area contributed by atoms with Crippen LogP contribution in [0.3, 0.4) is 0 Å². The molecule has 1 aromatic heterocycles. The maximum absolute atomic E-state index is 8.77. The molecule has 0 amide bonds. The molecule has 2 heterocycles. The highest BCUT2D eigenvalue weighted by atomic mass is 15.0. The molecule has 74 valence electrons. The second-order valence-electron chi connectivity index (χ2n) is 3.42. The van der Waals surface area contributed by atoms with Gasteiger partial charge in [-0.2, -0.15) is 5.26 Å². The molecule has 15 heavy (non-hydrogen) atoms. The summed E-state index contributed by atoms with van der Waals surface area (Å²) in [4.78, 5) is 12.7. The molecular formula is C11H10N4. The van der Waals surface area contributed by atoms with E-state index in [9.17, 15) is 0 Å². The van der Waals surface area contributed by atoms with E-state index in [2.05, 4.69) is 21.0 Å². The quantitative estimate of drug-likeness (QED) is 0.686. The zero-order chi connectivity index (χ0) is 10.8. The van der Waals surface area contributed by atoms with Gasteiger partial charge in [0.25, 0.3) is 0 Å². The van der Waals surface area contributed by atoms with Crippen molar-refractivity contribution in [1.29, 1.82) is 5.26 Å². The molecule has 0 saturated carbocycles. The van der Waals surface area contributed by atoms with Crippen molar-refractivity contribution in [3.8, 4) is 6.07 Å². The summed E-state index contributed by atoms with van der Waals surface area (Å²) >= 11 is 0. The second-order valence-corrected chi connectivity index (χ2v) is 3.42. The van der Waals surface area contributed by atoms with Crippen molar-refractivity contribution in [3.63, 3.8) is 0 Å². The summed E-state index contributed by atoms with van der Waals surface area (Å²) in [5, 5.41) is 8.77. The van der Waals surface area contributed by atoms with Gasteiger partial charge in [-0.15, -0.1) is 0 Å². The zero-order valence-corrected chi connectivity index (χ0v) is 8.65. The summed E-state index contributed by atoms with van der Waals surface area (Å²) in [5.74, 6) is 0.786. The van der Waals surface area contributed by atoms with Crippen molar-refractivity contribution >= 4 is 11.5 Å². The molecule has 1 aromatic rings. The molecule has 4 nitrogen and oxygen atoms in total. The van der Waals surface area contributed by atoms with Crippen LogP contribution in [0.5, 0.6) is 0 Å². The average molecular weight is 198 g/mol. The number of hydrogen-bond acceptors (Lipinski definition) is 4. The molecule has 0 aliphatic carbocycles. The lowest BCUT2D eigenvalue weighted by Crippen LogP contribution is -2.05. The molecule has 0 unspecified atom stereocenters. The van der Waals surface area contributed by atoms with Crippen LogP contribution < -0.4 is 0 Å². The molecule has 0 N–H and O–H groups in total. The summed E-state index contributed by atoms with van der Waals surface area (Å²) in [6, 6.07) is 3.97. The monoisotopic (exact) mass is 198 g/mol. The first-order chi connectivity index (χ1) is 7.20. The molecular weight excluding hydrogens is 188 g/mol. The van der Waals surface area contributed by atoms with E-state index in [1.165, 1.54) is 0 Å². The molecule has 0 atom stereocenters. The fraction of sp³-hybridized carbons (Fsp3) is 0.273. The lowest BCUT2D eigenvalue weighted by Gasteiger charge is -2.01. The minimum Gasteiger partial charge on any atom is -0.264 e. The Kier molecular flexibility index (Phi) is 2.30. The van der Waals surface area contributed by atoms with Crippen molar-refractivity contribution in [1.82, 2.24) is 4.98 Å². The van der Waals surface area contributed by atoms with Gasteiger partial charge in [-0.1, -0.05) is 0 Å². The number of hydrogen-bond donors (Lipinski definition) is 0. The van der Waals surface area contributed by atoms with Crippen molar-refractivity contribution < 1.29 is 0 Å². The standard InChI is InChI=1S/C11H10N4/c1-7-3-10(14-5-9(7)4-12)11-6-13-8(2)15-11/h3,5H,6H2,1-2H3. The van der Waals surface area contributed by atoms with Crippen LogP contribution in [0.15, 0.2) is 22.2 Å². The van der Waals surface area contributed by atoms with Gasteiger partial charge in [0.2, 0.25) is 0 Å². The van der Waals surface area contributed by atoms with E-state index in [0.29, 0.717) is 12.1 Å². The number of nitriles is 1. The van der Waals surface area contributed by atoms with Gasteiger partial charge in [0.05, 0.1) is 23.5 Å². The van der Waals surface area contributed by atoms with Crippen molar-refractivity contribution in [2.24, 2.45) is 9.98 Å². The summed E-state index contributed by atoms with van der Waals surface area (Å²) in [6.07, 6.45) is 1.58. The third kappa shape index (κ3) is 1.77. The number of aryl methyl sites for hydroxylation is 1. The van der Waals surface area contributed by atoms with Gasteiger partial charge in [-0.05, 0) is 25.5 Å². The number of nitrogens with zero attached hydrogens (tertiary/aromatic N) is 4. The number of rotatable bonds is 1. The number of amidine groups is 1. The zero-order valence-electron chi connectivity index (χ0n) is 8.65. The highest BCUT2D eigenvalue weighted by Crippen LogP contribution is 2.10. The minimum atomic E-state index is 0.587. The Hall–Kier alpha value is -2.02. The van der Waals surface area contributed by atoms with E-state index in [1.54, 1.807) is 6.20 Å². The van der Waals surface area contributed by atoms with Gasteiger partial charge in [-0.25, -0.2) is 4.99 Å². The molecule has 1 aliphatic heterocycles. The van der Waals surface area contributed by atoms with Crippen LogP contribution in [-0.4, -0.2) is 23.1 Å². The van der Waals surface area contributed by atoms with Gasteiger partial charge >= 0.3 is 0 Å². The lowest BCUT2D eigenvalue weighted by molar-refractivity contribution is 1.21. The van der Waals surface area contributed by atoms with E-state index < -0.39 is 0 Å². The SMILES string of the molecule is CC1=NCC(c2cc(C)c(C#N)cn2)=N1. The van der Waals surface area contributed by atoms with Crippen molar-refractivity contribution in [2.75, 3.05) is 6.54 Å². The fourth-order valence-corrected chi connectivity index (χ4v) is 1.42. The summed E-state index contributed by atoms with van der Waals surface area (Å²) in [5.41, 5.74) is 3.22. The van der Waals surface area contributed by atoms with Gasteiger partial charge in [0.1, 0.15) is 11.9 Å². The van der Waals surface area contributed by atoms with Crippen LogP contribution in [-0.2, 0) is 0 Å². The minimum absolute atomic E-state index is 0.587. The fourth-order valence-electron chi connectivity index (χ4n) is 1.42. The van der Waals surface area contributed by atoms with Gasteiger partial charge in [0, 0.05) is 6.20 Å². The van der Waals surface area contributed by atoms with Crippen LogP contribution in [0.25, 0.3) is 0 Å². The average Bonchev–Trinajstić information content (AvgIpc) is 2.65. The summed E-state index contributed by atoms with van der Waals surface area (Å²) < 4.78 is 0. The molecule has 1 aliphatic rings. The lowest BCUT2D eigenvalue weighted by atomic mass is 10.1. The molecule has 2 rings (SSSR count). The molecule has 0 spiro atoms. The number of aliphatic imine (C=N–C) groups is 2. The Bertz CT molecular complexity index is 506. The van der Waals surface area contributed by atoms with Crippen LogP contribution in [0.1, 0.15) is 23.7 Å². The maximum Gasteiger partial charge on any atom is 0.121 e. The topological polar surface area (TPSA) is 61.4 Å². The van der Waals surface area contributed by atoms with Gasteiger partial charge in [0.15, 0.2) is 0 Å². The number of pyridine rings is 1. The Labute approximate surface area is 88.0 Å². The maximum atomic E-state index is 8.77. The third-order valence-electron chi connectivity index (χ3n) is 2.28. The summed E-state index contributed by atoms with van der Waals surface area (Å²) in [7, 11) is 0. The molecule has 0 radical (unpaired) electrons. The van der Waals surface area contributed by atoms with Gasteiger partial charge < -0.3 is 0 Å². The Balaban J connectivity index is 2.37. The molecule has 0 aromatic carbocycles. The first-order valence-electron chi connectivity index (χ1n) is 4.66. The molecule has 0 bridgehead atoms. The first kappa shape index (κ1) is 9.53. The van der Waals surface area contributed by atoms with E-state index in [-0.39, 0.29) is 0 Å². The van der Waals surface area contributed by atoms with Crippen molar-refractivity contribution in [2.45, 2.75) is 13.8 Å². The Morgan fingerprint density at radius 1 is 1.40 bits per heavy atom. The predicted octanol–water partition coefficient (Wildman–Crippen LogP) is 1.48. The van der Waals surface area contributed by atoms with Crippen LogP contribution in [0.4, 0.5) is 0 Å². The molecule has 0 saturated heterocycles. The summed E-state index contributed by atoms with van der Waals surface area (Å²) in [6.45, 7) is 4.35.